The maximum atomic E-state index is 13.0. The molecule has 1 spiro atoms. The zero-order valence-electron chi connectivity index (χ0n) is 12.4. The molecule has 3 rings (SSSR count). The number of nitriles is 1. The third kappa shape index (κ3) is 2.64. The highest BCUT2D eigenvalue weighted by Crippen LogP contribution is 2.36. The lowest BCUT2D eigenvalue weighted by Crippen LogP contribution is -2.54. The molecular formula is C15H13F3N4O2. The van der Waals surface area contributed by atoms with Crippen LogP contribution in [-0.4, -0.2) is 30.6 Å². The largest absolute Gasteiger partial charge is 0.417 e. The Labute approximate surface area is 135 Å². The molecule has 9 heteroatoms. The number of imide groups is 1. The van der Waals surface area contributed by atoms with Crippen LogP contribution in [0.15, 0.2) is 18.2 Å². The lowest BCUT2D eigenvalue weighted by molar-refractivity contribution is -0.137. The summed E-state index contributed by atoms with van der Waals surface area (Å²) in [6.07, 6.45) is -4.02. The molecule has 0 saturated carbocycles. The van der Waals surface area contributed by atoms with Gasteiger partial charge in [-0.15, -0.1) is 0 Å². The van der Waals surface area contributed by atoms with Gasteiger partial charge in [-0.3, -0.25) is 10.1 Å². The first kappa shape index (κ1) is 16.1. The predicted molar refractivity (Wildman–Crippen MR) is 77.0 cm³/mol. The van der Waals surface area contributed by atoms with Gasteiger partial charge in [0, 0.05) is 18.8 Å². The zero-order valence-corrected chi connectivity index (χ0v) is 12.4. The van der Waals surface area contributed by atoms with Gasteiger partial charge in [0.05, 0.1) is 17.2 Å². The smallest absolute Gasteiger partial charge is 0.371 e. The van der Waals surface area contributed by atoms with E-state index in [0.717, 1.165) is 12.1 Å². The monoisotopic (exact) mass is 338 g/mol. The van der Waals surface area contributed by atoms with Crippen molar-refractivity contribution in [3.63, 3.8) is 0 Å². The summed E-state index contributed by atoms with van der Waals surface area (Å²) in [7, 11) is 0. The summed E-state index contributed by atoms with van der Waals surface area (Å²) in [5, 5.41) is 13.6. The molecule has 2 saturated heterocycles. The van der Waals surface area contributed by atoms with Gasteiger partial charge >= 0.3 is 12.2 Å². The van der Waals surface area contributed by atoms with E-state index in [1.807, 2.05) is 0 Å². The molecule has 3 amide bonds. The molecule has 0 aromatic heterocycles. The third-order valence-corrected chi connectivity index (χ3v) is 4.43. The Morgan fingerprint density at radius 1 is 1.21 bits per heavy atom. The van der Waals surface area contributed by atoms with Crippen LogP contribution < -0.4 is 15.5 Å². The van der Waals surface area contributed by atoms with Gasteiger partial charge in [0.25, 0.3) is 5.91 Å². The van der Waals surface area contributed by atoms with Gasteiger partial charge < -0.3 is 10.2 Å². The van der Waals surface area contributed by atoms with Crippen LogP contribution in [-0.2, 0) is 11.0 Å². The molecule has 126 valence electrons. The van der Waals surface area contributed by atoms with Crippen LogP contribution >= 0.6 is 0 Å². The van der Waals surface area contributed by atoms with Crippen molar-refractivity contribution >= 4 is 17.6 Å². The number of nitrogens with zero attached hydrogens (tertiary/aromatic N) is 2. The fraction of sp³-hybridized carbons (Fsp3) is 0.400. The third-order valence-electron chi connectivity index (χ3n) is 4.43. The van der Waals surface area contributed by atoms with E-state index in [4.69, 9.17) is 5.26 Å². The van der Waals surface area contributed by atoms with Crippen LogP contribution in [0, 0.1) is 11.3 Å². The van der Waals surface area contributed by atoms with E-state index < -0.39 is 34.8 Å². The molecule has 6 nitrogen and oxygen atoms in total. The van der Waals surface area contributed by atoms with Crippen molar-refractivity contribution in [2.45, 2.75) is 24.6 Å². The quantitative estimate of drug-likeness (QED) is 0.764. The lowest BCUT2D eigenvalue weighted by Gasteiger charge is -2.38. The molecule has 1 aromatic carbocycles. The van der Waals surface area contributed by atoms with Gasteiger partial charge in [-0.05, 0) is 31.0 Å². The van der Waals surface area contributed by atoms with Crippen molar-refractivity contribution in [1.29, 1.82) is 5.26 Å². The second-order valence-electron chi connectivity index (χ2n) is 5.82. The molecule has 0 aliphatic carbocycles. The molecule has 0 atom stereocenters. The summed E-state index contributed by atoms with van der Waals surface area (Å²) in [6, 6.07) is 4.54. The number of hydrogen-bond acceptors (Lipinski definition) is 4. The number of rotatable bonds is 1. The minimum atomic E-state index is -4.61. The molecule has 2 aliphatic rings. The number of carbonyl (C=O) groups excluding carboxylic acids is 2. The number of carbonyl (C=O) groups is 2. The first-order valence-electron chi connectivity index (χ1n) is 7.25. The number of alkyl halides is 3. The average Bonchev–Trinajstić information content (AvgIpc) is 2.80. The Morgan fingerprint density at radius 3 is 2.38 bits per heavy atom. The van der Waals surface area contributed by atoms with Gasteiger partial charge in [0.2, 0.25) is 0 Å². The number of halogens is 3. The number of piperidine rings is 1. The first-order chi connectivity index (χ1) is 11.2. The van der Waals surface area contributed by atoms with Crippen LogP contribution in [0.4, 0.5) is 23.7 Å². The van der Waals surface area contributed by atoms with Crippen molar-refractivity contribution < 1.29 is 22.8 Å². The minimum Gasteiger partial charge on any atom is -0.371 e. The summed E-state index contributed by atoms with van der Waals surface area (Å²) in [6.45, 7) is 0.633. The van der Waals surface area contributed by atoms with Crippen molar-refractivity contribution in [3.8, 4) is 6.07 Å². The number of hydrogen-bond donors (Lipinski definition) is 2. The molecule has 2 N–H and O–H groups in total. The van der Waals surface area contributed by atoms with E-state index in [-0.39, 0.29) is 0 Å². The summed E-state index contributed by atoms with van der Waals surface area (Å²) < 4.78 is 39.1. The highest BCUT2D eigenvalue weighted by molar-refractivity contribution is 6.07. The molecule has 2 heterocycles. The Hall–Kier alpha value is -2.76. The van der Waals surface area contributed by atoms with Gasteiger partial charge in [-0.1, -0.05) is 0 Å². The Balaban J connectivity index is 1.81. The molecule has 0 radical (unpaired) electrons. The van der Waals surface area contributed by atoms with Crippen LogP contribution in [0.5, 0.6) is 0 Å². The van der Waals surface area contributed by atoms with Gasteiger partial charge in [-0.2, -0.15) is 18.4 Å². The number of anilines is 1. The van der Waals surface area contributed by atoms with Gasteiger partial charge in [-0.25, -0.2) is 4.79 Å². The van der Waals surface area contributed by atoms with Gasteiger partial charge in [0.15, 0.2) is 0 Å². The first-order valence-corrected chi connectivity index (χ1v) is 7.25. The number of amides is 3. The average molecular weight is 338 g/mol. The number of benzene rings is 1. The second-order valence-corrected chi connectivity index (χ2v) is 5.82. The van der Waals surface area contributed by atoms with E-state index in [9.17, 15) is 22.8 Å². The van der Waals surface area contributed by atoms with Crippen molar-refractivity contribution in [2.24, 2.45) is 0 Å². The Kier molecular flexibility index (Phi) is 3.63. The molecule has 2 fully saturated rings. The van der Waals surface area contributed by atoms with E-state index in [2.05, 4.69) is 10.6 Å². The standard InChI is InChI=1S/C15H13F3N4O2/c16-15(17,18)11-7-10(2-1-9(11)8-19)22-5-3-14(4-6-22)12(23)20-13(24)21-14/h1-2,7H,3-6H2,(H2,20,21,23,24). The fourth-order valence-corrected chi connectivity index (χ4v) is 3.09. The molecule has 24 heavy (non-hydrogen) atoms. The maximum absolute atomic E-state index is 13.0. The van der Waals surface area contributed by atoms with Crippen molar-refractivity contribution in [2.75, 3.05) is 18.0 Å². The normalized spacial score (nSPS) is 19.8. The summed E-state index contributed by atoms with van der Waals surface area (Å²) in [5.74, 6) is -0.400. The highest BCUT2D eigenvalue weighted by atomic mass is 19.4. The minimum absolute atomic E-state index is 0.298. The number of urea groups is 1. The molecule has 0 unspecified atom stereocenters. The van der Waals surface area contributed by atoms with E-state index >= 15 is 0 Å². The predicted octanol–water partition coefficient (Wildman–Crippen LogP) is 1.76. The van der Waals surface area contributed by atoms with E-state index in [1.165, 1.54) is 6.07 Å². The van der Waals surface area contributed by atoms with Crippen LogP contribution in [0.1, 0.15) is 24.0 Å². The fourth-order valence-electron chi connectivity index (χ4n) is 3.09. The molecular weight excluding hydrogens is 325 g/mol. The molecule has 1 aromatic rings. The van der Waals surface area contributed by atoms with Crippen molar-refractivity contribution in [1.82, 2.24) is 10.6 Å². The second kappa shape index (κ2) is 5.40. The maximum Gasteiger partial charge on any atom is 0.417 e. The molecule has 0 bridgehead atoms. The van der Waals surface area contributed by atoms with Gasteiger partial charge in [0.1, 0.15) is 5.54 Å². The summed E-state index contributed by atoms with van der Waals surface area (Å²) in [4.78, 5) is 24.9. The number of nitrogens with one attached hydrogen (secondary N) is 2. The Bertz CT molecular complexity index is 746. The SMILES string of the molecule is N#Cc1ccc(N2CCC3(CC2)NC(=O)NC3=O)cc1C(F)(F)F. The van der Waals surface area contributed by atoms with Crippen LogP contribution in [0.25, 0.3) is 0 Å². The Morgan fingerprint density at radius 2 is 1.88 bits per heavy atom. The zero-order chi connectivity index (χ0) is 17.5. The van der Waals surface area contributed by atoms with E-state index in [0.29, 0.717) is 31.6 Å². The van der Waals surface area contributed by atoms with Crippen molar-refractivity contribution in [3.05, 3.63) is 29.3 Å². The van der Waals surface area contributed by atoms with Crippen LogP contribution in [0.2, 0.25) is 0 Å². The summed E-state index contributed by atoms with van der Waals surface area (Å²) >= 11 is 0. The highest BCUT2D eigenvalue weighted by Gasteiger charge is 2.48. The lowest BCUT2D eigenvalue weighted by atomic mass is 9.87. The topological polar surface area (TPSA) is 85.2 Å². The van der Waals surface area contributed by atoms with E-state index in [1.54, 1.807) is 11.0 Å². The molecule has 2 aliphatic heterocycles. The summed E-state index contributed by atoms with van der Waals surface area (Å²) in [5.41, 5.74) is -2.05. The van der Waals surface area contributed by atoms with Crippen LogP contribution in [0.3, 0.4) is 0 Å².